The number of hydrogen-bond acceptors (Lipinski definition) is 5. The number of phenolic OH excluding ortho intramolecular Hbond substituents is 3. The molecule has 0 aliphatic heterocycles. The van der Waals surface area contributed by atoms with E-state index in [4.69, 9.17) is 4.74 Å². The van der Waals surface area contributed by atoms with Gasteiger partial charge in [0.2, 0.25) is 0 Å². The van der Waals surface area contributed by atoms with Crippen LogP contribution in [0.25, 0.3) is 12.2 Å². The van der Waals surface area contributed by atoms with E-state index in [1.165, 1.54) is 37.6 Å². The second-order valence-electron chi connectivity index (χ2n) is 4.86. The lowest BCUT2D eigenvalue weighted by Crippen LogP contribution is -2.20. The summed E-state index contributed by atoms with van der Waals surface area (Å²) >= 11 is 0. The fraction of sp³-hybridized carbons (Fsp3) is 0.0556. The van der Waals surface area contributed by atoms with Crippen molar-refractivity contribution in [2.75, 3.05) is 7.11 Å². The van der Waals surface area contributed by atoms with Crippen molar-refractivity contribution in [3.05, 3.63) is 65.6 Å². The Balaban J connectivity index is 2.06. The van der Waals surface area contributed by atoms with Crippen LogP contribution in [0.1, 0.15) is 11.1 Å². The third-order valence-electron chi connectivity index (χ3n) is 3.12. The minimum Gasteiger partial charge on any atom is -0.508 e. The summed E-state index contributed by atoms with van der Waals surface area (Å²) in [6, 6.07) is 10.6. The van der Waals surface area contributed by atoms with Crippen molar-refractivity contribution < 1.29 is 24.9 Å². The Labute approximate surface area is 139 Å². The van der Waals surface area contributed by atoms with Gasteiger partial charge in [0.05, 0.1) is 7.11 Å². The number of methoxy groups -OCH3 is 1. The van der Waals surface area contributed by atoms with E-state index in [1.807, 2.05) is 0 Å². The highest BCUT2D eigenvalue weighted by molar-refractivity contribution is 5.96. The molecule has 0 fully saturated rings. The van der Waals surface area contributed by atoms with E-state index >= 15 is 0 Å². The van der Waals surface area contributed by atoms with Crippen molar-refractivity contribution in [2.45, 2.75) is 0 Å². The first-order valence-corrected chi connectivity index (χ1v) is 7.03. The Morgan fingerprint density at radius 3 is 2.29 bits per heavy atom. The van der Waals surface area contributed by atoms with Crippen LogP contribution in [-0.4, -0.2) is 28.3 Å². The van der Waals surface area contributed by atoms with Gasteiger partial charge in [-0.2, -0.15) is 0 Å². The fourth-order valence-corrected chi connectivity index (χ4v) is 1.87. The smallest absolute Gasteiger partial charge is 0.290 e. The molecule has 4 N–H and O–H groups in total. The number of phenols is 3. The molecule has 6 heteroatoms. The molecule has 0 saturated heterocycles. The second-order valence-corrected chi connectivity index (χ2v) is 4.86. The maximum absolute atomic E-state index is 12.1. The summed E-state index contributed by atoms with van der Waals surface area (Å²) in [6.07, 6.45) is 4.55. The molecular weight excluding hydrogens is 310 g/mol. The third-order valence-corrected chi connectivity index (χ3v) is 3.12. The number of aromatic hydroxyl groups is 3. The summed E-state index contributed by atoms with van der Waals surface area (Å²) < 4.78 is 5.04. The molecule has 2 aromatic rings. The molecule has 0 saturated carbocycles. The van der Waals surface area contributed by atoms with Gasteiger partial charge in [0.1, 0.15) is 5.75 Å². The predicted molar refractivity (Wildman–Crippen MR) is 90.0 cm³/mol. The number of hydrogen-bond donors (Lipinski definition) is 4. The molecule has 0 bridgehead atoms. The zero-order valence-corrected chi connectivity index (χ0v) is 12.9. The Hall–Kier alpha value is -3.41. The van der Waals surface area contributed by atoms with Crippen LogP contribution in [0.4, 0.5) is 0 Å². The Morgan fingerprint density at radius 1 is 1.00 bits per heavy atom. The van der Waals surface area contributed by atoms with Crippen molar-refractivity contribution >= 4 is 18.1 Å². The zero-order chi connectivity index (χ0) is 17.5. The molecule has 2 aromatic carbocycles. The lowest BCUT2D eigenvalue weighted by atomic mass is 10.1. The number of carbonyl (C=O) groups excluding carboxylic acids is 1. The number of amides is 1. The van der Waals surface area contributed by atoms with Crippen LogP contribution in [0.15, 0.2) is 54.4 Å². The molecule has 124 valence electrons. The van der Waals surface area contributed by atoms with E-state index in [1.54, 1.807) is 30.3 Å². The highest BCUT2D eigenvalue weighted by Gasteiger charge is 2.09. The van der Waals surface area contributed by atoms with Gasteiger partial charge in [0.15, 0.2) is 17.3 Å². The summed E-state index contributed by atoms with van der Waals surface area (Å²) in [5.74, 6) is -0.798. The fourth-order valence-electron chi connectivity index (χ4n) is 1.87. The zero-order valence-electron chi connectivity index (χ0n) is 12.9. The van der Waals surface area contributed by atoms with Gasteiger partial charge in [-0.25, -0.2) is 0 Å². The van der Waals surface area contributed by atoms with Gasteiger partial charge < -0.3 is 25.4 Å². The van der Waals surface area contributed by atoms with Crippen molar-refractivity contribution in [1.82, 2.24) is 5.32 Å². The molecule has 0 aliphatic carbocycles. The van der Waals surface area contributed by atoms with Crippen LogP contribution in [0.3, 0.4) is 0 Å². The van der Waals surface area contributed by atoms with E-state index in [-0.39, 0.29) is 23.0 Å². The highest BCUT2D eigenvalue weighted by Crippen LogP contribution is 2.26. The molecule has 0 heterocycles. The summed E-state index contributed by atoms with van der Waals surface area (Å²) in [4.78, 5) is 12.1. The van der Waals surface area contributed by atoms with Gasteiger partial charge in [-0.15, -0.1) is 0 Å². The largest absolute Gasteiger partial charge is 0.508 e. The number of ether oxygens (including phenoxy) is 1. The molecule has 0 atom stereocenters. The van der Waals surface area contributed by atoms with Crippen LogP contribution < -0.4 is 5.32 Å². The first-order chi connectivity index (χ1) is 11.5. The lowest BCUT2D eigenvalue weighted by Gasteiger charge is -2.06. The minimum absolute atomic E-state index is 0.0374. The Bertz CT molecular complexity index is 778. The molecule has 0 radical (unpaired) electrons. The first kappa shape index (κ1) is 17.0. The highest BCUT2D eigenvalue weighted by atomic mass is 16.5. The average molecular weight is 327 g/mol. The second kappa shape index (κ2) is 7.73. The molecule has 6 nitrogen and oxygen atoms in total. The van der Waals surface area contributed by atoms with Gasteiger partial charge in [0.25, 0.3) is 5.91 Å². The summed E-state index contributed by atoms with van der Waals surface area (Å²) in [5.41, 5.74) is 1.30. The molecule has 2 rings (SSSR count). The van der Waals surface area contributed by atoms with Gasteiger partial charge >= 0.3 is 0 Å². The number of rotatable bonds is 5. The third kappa shape index (κ3) is 4.54. The van der Waals surface area contributed by atoms with Gasteiger partial charge in [0, 0.05) is 6.20 Å². The normalized spacial score (nSPS) is 11.5. The van der Waals surface area contributed by atoms with E-state index in [9.17, 15) is 20.1 Å². The molecule has 24 heavy (non-hydrogen) atoms. The van der Waals surface area contributed by atoms with Crippen molar-refractivity contribution in [3.63, 3.8) is 0 Å². The molecule has 0 aliphatic rings. The van der Waals surface area contributed by atoms with Crippen molar-refractivity contribution in [3.8, 4) is 17.2 Å². The molecule has 1 amide bonds. The maximum Gasteiger partial charge on any atom is 0.290 e. The van der Waals surface area contributed by atoms with E-state index in [0.717, 1.165) is 5.56 Å². The topological polar surface area (TPSA) is 99.0 Å². The van der Waals surface area contributed by atoms with Crippen LogP contribution in [0, 0.1) is 0 Å². The predicted octanol–water partition coefficient (Wildman–Crippen LogP) is 2.58. The molecular formula is C18H17NO5. The summed E-state index contributed by atoms with van der Waals surface area (Å²) in [7, 11) is 1.36. The van der Waals surface area contributed by atoms with Crippen LogP contribution in [0.5, 0.6) is 17.2 Å². The summed E-state index contributed by atoms with van der Waals surface area (Å²) in [5, 5.41) is 30.5. The monoisotopic (exact) mass is 327 g/mol. The number of carbonyl (C=O) groups is 1. The van der Waals surface area contributed by atoms with Crippen LogP contribution in [-0.2, 0) is 9.53 Å². The SMILES string of the molecule is CO/C(=C\c1ccc(O)c(O)c1)C(=O)N/C=C/c1ccc(O)cc1. The number of benzene rings is 2. The quantitative estimate of drug-likeness (QED) is 0.384. The summed E-state index contributed by atoms with van der Waals surface area (Å²) in [6.45, 7) is 0. The average Bonchev–Trinajstić information content (AvgIpc) is 2.57. The lowest BCUT2D eigenvalue weighted by molar-refractivity contribution is -0.119. The van der Waals surface area contributed by atoms with E-state index in [0.29, 0.717) is 5.56 Å². The van der Waals surface area contributed by atoms with Gasteiger partial charge in [-0.3, -0.25) is 4.79 Å². The molecule has 0 spiro atoms. The van der Waals surface area contributed by atoms with E-state index < -0.39 is 5.91 Å². The van der Waals surface area contributed by atoms with Crippen molar-refractivity contribution in [2.24, 2.45) is 0 Å². The van der Waals surface area contributed by atoms with Crippen molar-refractivity contribution in [1.29, 1.82) is 0 Å². The Kier molecular flexibility index (Phi) is 5.46. The van der Waals surface area contributed by atoms with Gasteiger partial charge in [-0.05, 0) is 47.5 Å². The number of nitrogens with one attached hydrogen (secondary N) is 1. The van der Waals surface area contributed by atoms with Gasteiger partial charge in [-0.1, -0.05) is 18.2 Å². The molecule has 0 aromatic heterocycles. The molecule has 0 unspecified atom stereocenters. The Morgan fingerprint density at radius 2 is 1.67 bits per heavy atom. The van der Waals surface area contributed by atoms with E-state index in [2.05, 4.69) is 5.32 Å². The van der Waals surface area contributed by atoms with Crippen LogP contribution in [0.2, 0.25) is 0 Å². The standard InChI is InChI=1S/C18H17NO5/c1-24-17(11-13-4-7-15(21)16(22)10-13)18(23)19-9-8-12-2-5-14(20)6-3-12/h2-11,20-22H,1H3,(H,19,23)/b9-8+,17-11-. The minimum atomic E-state index is -0.472. The first-order valence-electron chi connectivity index (χ1n) is 7.03. The maximum atomic E-state index is 12.1. The van der Waals surface area contributed by atoms with Crippen LogP contribution >= 0.6 is 0 Å².